The lowest BCUT2D eigenvalue weighted by atomic mass is 10.1. The highest BCUT2D eigenvalue weighted by molar-refractivity contribution is 5.99. The second kappa shape index (κ2) is 6.70. The number of likely N-dealkylation sites (N-methyl/N-ethyl adjacent to an activating group) is 1. The van der Waals surface area contributed by atoms with Gasteiger partial charge in [-0.25, -0.2) is 0 Å². The maximum absolute atomic E-state index is 12.1. The van der Waals surface area contributed by atoms with Crippen LogP contribution >= 0.6 is 0 Å². The van der Waals surface area contributed by atoms with E-state index in [4.69, 9.17) is 4.74 Å². The normalized spacial score (nSPS) is 16.3. The molecule has 0 spiro atoms. The summed E-state index contributed by atoms with van der Waals surface area (Å²) in [6.45, 7) is 2.12. The Hall–Kier alpha value is -2.89. The summed E-state index contributed by atoms with van der Waals surface area (Å²) in [5, 5.41) is 2.84. The number of aromatic nitrogens is 1. The van der Waals surface area contributed by atoms with E-state index in [2.05, 4.69) is 10.3 Å². The number of hydrogen-bond acceptors (Lipinski definition) is 4. The number of nitrogens with one attached hydrogen (secondary N) is 1. The average molecular weight is 325 g/mol. The molecule has 2 amide bonds. The molecule has 0 saturated heterocycles. The summed E-state index contributed by atoms with van der Waals surface area (Å²) in [4.78, 5) is 29.8. The van der Waals surface area contributed by atoms with Crippen molar-refractivity contribution < 1.29 is 14.3 Å². The number of amides is 2. The summed E-state index contributed by atoms with van der Waals surface area (Å²) < 4.78 is 5.58. The van der Waals surface area contributed by atoms with Crippen LogP contribution in [0.3, 0.4) is 0 Å². The first-order chi connectivity index (χ1) is 11.5. The van der Waals surface area contributed by atoms with Crippen molar-refractivity contribution in [3.05, 3.63) is 53.9 Å². The van der Waals surface area contributed by atoms with Gasteiger partial charge in [-0.05, 0) is 36.8 Å². The summed E-state index contributed by atoms with van der Waals surface area (Å²) in [7, 11) is 1.71. The van der Waals surface area contributed by atoms with Gasteiger partial charge in [0.25, 0.3) is 5.91 Å². The Bertz CT molecular complexity index is 761. The average Bonchev–Trinajstić information content (AvgIpc) is 2.59. The molecular formula is C18H19N3O3. The van der Waals surface area contributed by atoms with Crippen LogP contribution in [0, 0.1) is 0 Å². The first-order valence-electron chi connectivity index (χ1n) is 7.78. The van der Waals surface area contributed by atoms with Crippen molar-refractivity contribution >= 4 is 17.5 Å². The highest BCUT2D eigenvalue weighted by Gasteiger charge is 2.28. The van der Waals surface area contributed by atoms with Gasteiger partial charge in [0.15, 0.2) is 6.10 Å². The van der Waals surface area contributed by atoms with E-state index in [0.29, 0.717) is 18.0 Å². The van der Waals surface area contributed by atoms with Crippen molar-refractivity contribution in [3.8, 4) is 5.75 Å². The minimum Gasteiger partial charge on any atom is -0.479 e. The smallest absolute Gasteiger partial charge is 0.267 e. The van der Waals surface area contributed by atoms with Gasteiger partial charge in [-0.3, -0.25) is 14.6 Å². The minimum absolute atomic E-state index is 0.0975. The van der Waals surface area contributed by atoms with Crippen molar-refractivity contribution in [2.24, 2.45) is 0 Å². The van der Waals surface area contributed by atoms with E-state index in [1.54, 1.807) is 31.1 Å². The van der Waals surface area contributed by atoms with Crippen molar-refractivity contribution in [2.45, 2.75) is 26.0 Å². The predicted octanol–water partition coefficient (Wildman–Crippen LogP) is 1.68. The van der Waals surface area contributed by atoms with Crippen molar-refractivity contribution in [2.75, 3.05) is 11.9 Å². The summed E-state index contributed by atoms with van der Waals surface area (Å²) in [5.41, 5.74) is 2.32. The molecule has 1 aliphatic rings. The predicted molar refractivity (Wildman–Crippen MR) is 89.7 cm³/mol. The quantitative estimate of drug-likeness (QED) is 0.928. The van der Waals surface area contributed by atoms with Gasteiger partial charge in [-0.15, -0.1) is 0 Å². The van der Waals surface area contributed by atoms with Gasteiger partial charge in [0.05, 0.1) is 24.3 Å². The molecular weight excluding hydrogens is 306 g/mol. The van der Waals surface area contributed by atoms with Crippen molar-refractivity contribution in [3.63, 3.8) is 0 Å². The molecule has 1 aromatic heterocycles. The van der Waals surface area contributed by atoms with Crippen LogP contribution in [0.1, 0.15) is 18.2 Å². The monoisotopic (exact) mass is 325 g/mol. The first-order valence-corrected chi connectivity index (χ1v) is 7.78. The lowest BCUT2D eigenvalue weighted by molar-refractivity contribution is -0.125. The maximum Gasteiger partial charge on any atom is 0.267 e. The Morgan fingerprint density at radius 1 is 1.33 bits per heavy atom. The van der Waals surface area contributed by atoms with Crippen LogP contribution in [0.25, 0.3) is 0 Å². The van der Waals surface area contributed by atoms with Gasteiger partial charge in [-0.1, -0.05) is 12.1 Å². The number of anilines is 1. The van der Waals surface area contributed by atoms with Crippen molar-refractivity contribution in [1.82, 2.24) is 10.3 Å². The summed E-state index contributed by atoms with van der Waals surface area (Å²) in [5.74, 6) is 0.459. The van der Waals surface area contributed by atoms with E-state index in [1.165, 1.54) is 0 Å². The van der Waals surface area contributed by atoms with Gasteiger partial charge in [0, 0.05) is 13.2 Å². The molecule has 24 heavy (non-hydrogen) atoms. The molecule has 124 valence electrons. The molecule has 0 saturated carbocycles. The van der Waals surface area contributed by atoms with Crippen LogP contribution < -0.4 is 15.0 Å². The van der Waals surface area contributed by atoms with Crippen LogP contribution in [-0.4, -0.2) is 29.9 Å². The summed E-state index contributed by atoms with van der Waals surface area (Å²) in [6, 6.07) is 11.0. The van der Waals surface area contributed by atoms with Crippen LogP contribution in [-0.2, 0) is 22.6 Å². The zero-order valence-corrected chi connectivity index (χ0v) is 13.7. The number of rotatable bonds is 4. The zero-order chi connectivity index (χ0) is 17.1. The molecule has 1 unspecified atom stereocenters. The molecule has 1 aliphatic heterocycles. The van der Waals surface area contributed by atoms with Crippen LogP contribution in [0.4, 0.5) is 5.69 Å². The minimum atomic E-state index is -0.491. The molecule has 3 rings (SSSR count). The fraction of sp³-hybridized carbons (Fsp3) is 0.278. The second-order valence-corrected chi connectivity index (χ2v) is 5.73. The Morgan fingerprint density at radius 3 is 2.92 bits per heavy atom. The molecule has 0 fully saturated rings. The fourth-order valence-corrected chi connectivity index (χ4v) is 2.61. The standard InChI is InChI=1S/C18H19N3O3/c1-12-18(23)21(2)15-9-13(6-7-16(15)24-12)10-17(22)20-11-14-5-3-4-8-19-14/h3-9,12H,10-11H2,1-2H3,(H,20,22). The van der Waals surface area contributed by atoms with Crippen LogP contribution in [0.2, 0.25) is 0 Å². The van der Waals surface area contributed by atoms with Gasteiger partial charge in [0.2, 0.25) is 5.91 Å². The topological polar surface area (TPSA) is 71.5 Å². The van der Waals surface area contributed by atoms with E-state index < -0.39 is 6.10 Å². The SMILES string of the molecule is CC1Oc2ccc(CC(=O)NCc3ccccn3)cc2N(C)C1=O. The third kappa shape index (κ3) is 3.37. The van der Waals surface area contributed by atoms with Gasteiger partial charge >= 0.3 is 0 Å². The molecule has 2 heterocycles. The highest BCUT2D eigenvalue weighted by atomic mass is 16.5. The third-order valence-corrected chi connectivity index (χ3v) is 3.92. The molecule has 0 bridgehead atoms. The molecule has 1 aromatic carbocycles. The summed E-state index contributed by atoms with van der Waals surface area (Å²) >= 11 is 0. The Balaban J connectivity index is 1.66. The number of ether oxygens (including phenoxy) is 1. The fourth-order valence-electron chi connectivity index (χ4n) is 2.61. The zero-order valence-electron chi connectivity index (χ0n) is 13.7. The van der Waals surface area contributed by atoms with E-state index in [1.807, 2.05) is 30.3 Å². The number of hydrogen-bond donors (Lipinski definition) is 1. The number of nitrogens with zero attached hydrogens (tertiary/aromatic N) is 2. The number of carbonyl (C=O) groups excluding carboxylic acids is 2. The lowest BCUT2D eigenvalue weighted by Gasteiger charge is -2.30. The molecule has 1 atom stereocenters. The van der Waals surface area contributed by atoms with Gasteiger partial charge in [-0.2, -0.15) is 0 Å². The molecule has 0 radical (unpaired) electrons. The molecule has 1 N–H and O–H groups in total. The van der Waals surface area contributed by atoms with Crippen molar-refractivity contribution in [1.29, 1.82) is 0 Å². The number of fused-ring (bicyclic) bond motifs is 1. The summed E-state index contributed by atoms with van der Waals surface area (Å²) in [6.07, 6.45) is 1.44. The van der Waals surface area contributed by atoms with E-state index in [-0.39, 0.29) is 18.2 Å². The van der Waals surface area contributed by atoms with Crippen LogP contribution in [0.15, 0.2) is 42.6 Å². The number of carbonyl (C=O) groups is 2. The molecule has 2 aromatic rings. The van der Waals surface area contributed by atoms with Crippen LogP contribution in [0.5, 0.6) is 5.75 Å². The van der Waals surface area contributed by atoms with E-state index in [0.717, 1.165) is 11.3 Å². The maximum atomic E-state index is 12.1. The molecule has 6 heteroatoms. The largest absolute Gasteiger partial charge is 0.479 e. The Morgan fingerprint density at radius 2 is 2.17 bits per heavy atom. The van der Waals surface area contributed by atoms with E-state index >= 15 is 0 Å². The van der Waals surface area contributed by atoms with Gasteiger partial charge < -0.3 is 15.0 Å². The second-order valence-electron chi connectivity index (χ2n) is 5.73. The van der Waals surface area contributed by atoms with E-state index in [9.17, 15) is 9.59 Å². The highest BCUT2D eigenvalue weighted by Crippen LogP contribution is 2.33. The lowest BCUT2D eigenvalue weighted by Crippen LogP contribution is -2.42. The number of benzene rings is 1. The third-order valence-electron chi connectivity index (χ3n) is 3.92. The first kappa shape index (κ1) is 16.0. The molecule has 6 nitrogen and oxygen atoms in total. The molecule has 0 aliphatic carbocycles. The number of pyridine rings is 1. The van der Waals surface area contributed by atoms with Gasteiger partial charge in [0.1, 0.15) is 5.75 Å². The Labute approximate surface area is 140 Å². The Kier molecular flexibility index (Phi) is 4.46.